The molecule has 0 radical (unpaired) electrons. The number of pyridine rings is 1. The Morgan fingerprint density at radius 1 is 1.12 bits per heavy atom. The number of carboxylic acids is 1. The van der Waals surface area contributed by atoms with Gasteiger partial charge >= 0.3 is 5.97 Å². The summed E-state index contributed by atoms with van der Waals surface area (Å²) < 4.78 is 13.3. The maximum atomic E-state index is 13.3. The number of hydrogen-bond donors (Lipinski definition) is 2. The van der Waals surface area contributed by atoms with Crippen LogP contribution in [0.4, 0.5) is 16.0 Å². The van der Waals surface area contributed by atoms with Crippen LogP contribution in [-0.4, -0.2) is 26.0 Å². The fourth-order valence-corrected chi connectivity index (χ4v) is 2.14. The summed E-state index contributed by atoms with van der Waals surface area (Å²) in [4.78, 5) is 23.3. The molecule has 0 aliphatic carbocycles. The van der Waals surface area contributed by atoms with Crippen molar-refractivity contribution < 1.29 is 14.3 Å². The lowest BCUT2D eigenvalue weighted by molar-refractivity contribution is 0.0690. The molecule has 1 aromatic carbocycles. The van der Waals surface area contributed by atoms with E-state index in [-0.39, 0.29) is 11.5 Å². The van der Waals surface area contributed by atoms with E-state index in [1.807, 2.05) is 0 Å². The molecule has 0 saturated heterocycles. The number of anilines is 2. The number of carbonyl (C=O) groups is 1. The minimum Gasteiger partial charge on any atom is -0.477 e. The molecule has 0 bridgehead atoms. The SMILES string of the molecule is Cc1cc(Nc2nccc(-c3ccnc(C(=O)O)c3)n2)ccc1F. The Bertz CT molecular complexity index is 915. The van der Waals surface area contributed by atoms with Crippen LogP contribution >= 0.6 is 0 Å². The average Bonchev–Trinajstić information content (AvgIpc) is 2.58. The standard InChI is InChI=1S/C17H13FN4O2/c1-10-8-12(2-3-13(10)18)21-17-20-7-5-14(22-17)11-4-6-19-15(9-11)16(23)24/h2-9H,1H3,(H,23,24)(H,20,21,22). The second-order valence-corrected chi connectivity index (χ2v) is 5.09. The van der Waals surface area contributed by atoms with Crippen molar-refractivity contribution in [3.8, 4) is 11.3 Å². The lowest BCUT2D eigenvalue weighted by Gasteiger charge is -2.08. The molecule has 6 nitrogen and oxygen atoms in total. The van der Waals surface area contributed by atoms with E-state index in [0.29, 0.717) is 28.5 Å². The minimum atomic E-state index is -1.11. The number of nitrogens with one attached hydrogen (secondary N) is 1. The summed E-state index contributed by atoms with van der Waals surface area (Å²) in [6.45, 7) is 1.67. The zero-order chi connectivity index (χ0) is 17.1. The quantitative estimate of drug-likeness (QED) is 0.764. The van der Waals surface area contributed by atoms with Gasteiger partial charge in [0.05, 0.1) is 5.69 Å². The third-order valence-electron chi connectivity index (χ3n) is 3.34. The molecule has 0 atom stereocenters. The van der Waals surface area contributed by atoms with Gasteiger partial charge in [0.15, 0.2) is 0 Å². The van der Waals surface area contributed by atoms with Crippen LogP contribution in [0.15, 0.2) is 48.8 Å². The van der Waals surface area contributed by atoms with Gasteiger partial charge in [-0.3, -0.25) is 0 Å². The predicted molar refractivity (Wildman–Crippen MR) is 86.6 cm³/mol. The van der Waals surface area contributed by atoms with Gasteiger partial charge in [-0.15, -0.1) is 0 Å². The normalized spacial score (nSPS) is 10.4. The lowest BCUT2D eigenvalue weighted by atomic mass is 10.1. The number of hydrogen-bond acceptors (Lipinski definition) is 5. The molecule has 0 aliphatic rings. The van der Waals surface area contributed by atoms with Crippen LogP contribution in [-0.2, 0) is 0 Å². The van der Waals surface area contributed by atoms with Crippen molar-refractivity contribution in [2.24, 2.45) is 0 Å². The average molecular weight is 324 g/mol. The molecule has 0 saturated carbocycles. The van der Waals surface area contributed by atoms with Crippen LogP contribution in [0, 0.1) is 12.7 Å². The fraction of sp³-hybridized carbons (Fsp3) is 0.0588. The summed E-state index contributed by atoms with van der Waals surface area (Å²) in [6.07, 6.45) is 2.97. The molecular formula is C17H13FN4O2. The van der Waals surface area contributed by atoms with Crippen LogP contribution in [0.25, 0.3) is 11.3 Å². The van der Waals surface area contributed by atoms with E-state index in [4.69, 9.17) is 5.11 Å². The van der Waals surface area contributed by atoms with Gasteiger partial charge in [-0.2, -0.15) is 0 Å². The third-order valence-corrected chi connectivity index (χ3v) is 3.34. The van der Waals surface area contributed by atoms with E-state index >= 15 is 0 Å². The maximum Gasteiger partial charge on any atom is 0.354 e. The second kappa shape index (κ2) is 6.41. The van der Waals surface area contributed by atoms with Crippen molar-refractivity contribution in [3.05, 3.63) is 65.9 Å². The molecule has 0 aliphatic heterocycles. The van der Waals surface area contributed by atoms with Gasteiger partial charge in [-0.1, -0.05) is 0 Å². The van der Waals surface area contributed by atoms with Crippen LogP contribution in [0.2, 0.25) is 0 Å². The first-order valence-electron chi connectivity index (χ1n) is 7.09. The molecule has 3 rings (SSSR count). The molecule has 0 amide bonds. The molecule has 0 fully saturated rings. The van der Waals surface area contributed by atoms with Gasteiger partial charge < -0.3 is 10.4 Å². The fourth-order valence-electron chi connectivity index (χ4n) is 2.14. The molecule has 0 spiro atoms. The zero-order valence-electron chi connectivity index (χ0n) is 12.7. The molecule has 0 unspecified atom stereocenters. The van der Waals surface area contributed by atoms with E-state index in [2.05, 4.69) is 20.3 Å². The molecular weight excluding hydrogens is 311 g/mol. The summed E-state index contributed by atoms with van der Waals surface area (Å²) in [6, 6.07) is 9.39. The van der Waals surface area contributed by atoms with Crippen LogP contribution in [0.1, 0.15) is 16.1 Å². The lowest BCUT2D eigenvalue weighted by Crippen LogP contribution is -2.01. The van der Waals surface area contributed by atoms with Crippen molar-refractivity contribution >= 4 is 17.6 Å². The van der Waals surface area contributed by atoms with Gasteiger partial charge in [0.25, 0.3) is 0 Å². The highest BCUT2D eigenvalue weighted by atomic mass is 19.1. The Morgan fingerprint density at radius 3 is 2.67 bits per heavy atom. The molecule has 2 heterocycles. The zero-order valence-corrected chi connectivity index (χ0v) is 12.7. The number of aromatic carboxylic acids is 1. The molecule has 7 heteroatoms. The number of nitrogens with zero attached hydrogens (tertiary/aromatic N) is 3. The minimum absolute atomic E-state index is 0.0604. The topological polar surface area (TPSA) is 88.0 Å². The number of halogens is 1. The third kappa shape index (κ3) is 3.35. The first kappa shape index (κ1) is 15.5. The van der Waals surface area contributed by atoms with Gasteiger partial charge in [0.2, 0.25) is 5.95 Å². The smallest absolute Gasteiger partial charge is 0.354 e. The summed E-state index contributed by atoms with van der Waals surface area (Å²) >= 11 is 0. The highest BCUT2D eigenvalue weighted by Crippen LogP contribution is 2.21. The van der Waals surface area contributed by atoms with E-state index in [9.17, 15) is 9.18 Å². The highest BCUT2D eigenvalue weighted by molar-refractivity contribution is 5.86. The van der Waals surface area contributed by atoms with E-state index in [1.54, 1.807) is 37.4 Å². The Labute approximate surface area is 137 Å². The Kier molecular flexibility index (Phi) is 4.15. The van der Waals surface area contributed by atoms with Crippen molar-refractivity contribution in [2.45, 2.75) is 6.92 Å². The Hall–Kier alpha value is -3.35. The number of benzene rings is 1. The van der Waals surface area contributed by atoms with Crippen molar-refractivity contribution in [1.82, 2.24) is 15.0 Å². The molecule has 3 aromatic rings. The van der Waals surface area contributed by atoms with E-state index < -0.39 is 5.97 Å². The van der Waals surface area contributed by atoms with Crippen LogP contribution in [0.3, 0.4) is 0 Å². The summed E-state index contributed by atoms with van der Waals surface area (Å²) in [7, 11) is 0. The maximum absolute atomic E-state index is 13.3. The van der Waals surface area contributed by atoms with Gasteiger partial charge in [0, 0.05) is 23.6 Å². The number of aromatic nitrogens is 3. The van der Waals surface area contributed by atoms with Crippen LogP contribution in [0.5, 0.6) is 0 Å². The van der Waals surface area contributed by atoms with Crippen molar-refractivity contribution in [1.29, 1.82) is 0 Å². The second-order valence-electron chi connectivity index (χ2n) is 5.09. The predicted octanol–water partition coefficient (Wildman–Crippen LogP) is 3.43. The first-order chi connectivity index (χ1) is 11.5. The largest absolute Gasteiger partial charge is 0.477 e. The Morgan fingerprint density at radius 2 is 1.92 bits per heavy atom. The van der Waals surface area contributed by atoms with Gasteiger partial charge in [-0.25, -0.2) is 24.1 Å². The summed E-state index contributed by atoms with van der Waals surface area (Å²) in [5.41, 5.74) is 2.28. The van der Waals surface area contributed by atoms with E-state index in [1.165, 1.54) is 18.3 Å². The summed E-state index contributed by atoms with van der Waals surface area (Å²) in [5.74, 6) is -1.06. The van der Waals surface area contributed by atoms with Crippen molar-refractivity contribution in [3.63, 3.8) is 0 Å². The molecule has 2 N–H and O–H groups in total. The van der Waals surface area contributed by atoms with E-state index in [0.717, 1.165) is 0 Å². The number of aryl methyl sites for hydroxylation is 1. The number of rotatable bonds is 4. The first-order valence-corrected chi connectivity index (χ1v) is 7.09. The van der Waals surface area contributed by atoms with Crippen LogP contribution < -0.4 is 5.32 Å². The highest BCUT2D eigenvalue weighted by Gasteiger charge is 2.08. The van der Waals surface area contributed by atoms with Gasteiger partial charge in [-0.05, 0) is 48.9 Å². The van der Waals surface area contributed by atoms with Gasteiger partial charge in [0.1, 0.15) is 11.5 Å². The summed E-state index contributed by atoms with van der Waals surface area (Å²) in [5, 5.41) is 12.0. The Balaban J connectivity index is 1.90. The number of carboxylic acid groups (broad SMARTS) is 1. The van der Waals surface area contributed by atoms with Crippen molar-refractivity contribution in [2.75, 3.05) is 5.32 Å². The molecule has 24 heavy (non-hydrogen) atoms. The molecule has 2 aromatic heterocycles. The monoisotopic (exact) mass is 324 g/mol. The molecule has 120 valence electrons.